The average molecular weight is 233 g/mol. The summed E-state index contributed by atoms with van der Waals surface area (Å²) in [5.74, 6) is 0.681. The van der Waals surface area contributed by atoms with Crippen molar-refractivity contribution in [3.05, 3.63) is 34.9 Å². The van der Waals surface area contributed by atoms with Gasteiger partial charge in [0.15, 0.2) is 0 Å². The van der Waals surface area contributed by atoms with E-state index in [4.69, 9.17) is 4.74 Å². The number of aryl methyl sites for hydroxylation is 2. The first-order chi connectivity index (χ1) is 8.16. The minimum absolute atomic E-state index is 0.539. The zero-order valence-corrected chi connectivity index (χ0v) is 11.1. The minimum atomic E-state index is 0.539. The Kier molecular flexibility index (Phi) is 4.19. The summed E-state index contributed by atoms with van der Waals surface area (Å²) in [7, 11) is 0. The second-order valence-corrected chi connectivity index (χ2v) is 5.22. The molecule has 0 bridgehead atoms. The summed E-state index contributed by atoms with van der Waals surface area (Å²) in [4.78, 5) is 0. The molecule has 0 radical (unpaired) electrons. The van der Waals surface area contributed by atoms with Crippen molar-refractivity contribution in [2.24, 2.45) is 5.92 Å². The zero-order valence-electron chi connectivity index (χ0n) is 11.1. The Morgan fingerprint density at radius 1 is 1.41 bits per heavy atom. The second kappa shape index (κ2) is 5.65. The first-order valence-corrected chi connectivity index (χ1v) is 6.54. The highest BCUT2D eigenvalue weighted by atomic mass is 16.5. The molecule has 1 aromatic rings. The van der Waals surface area contributed by atoms with Crippen LogP contribution in [0.15, 0.2) is 18.2 Å². The van der Waals surface area contributed by atoms with Crippen LogP contribution in [0.25, 0.3) is 0 Å². The van der Waals surface area contributed by atoms with Crippen molar-refractivity contribution < 1.29 is 4.74 Å². The quantitative estimate of drug-likeness (QED) is 0.863. The third-order valence-electron chi connectivity index (χ3n) is 3.79. The van der Waals surface area contributed by atoms with Crippen LogP contribution < -0.4 is 5.32 Å². The smallest absolute Gasteiger partial charge is 0.0509 e. The van der Waals surface area contributed by atoms with E-state index in [1.54, 1.807) is 0 Å². The van der Waals surface area contributed by atoms with Gasteiger partial charge in [-0.15, -0.1) is 0 Å². The van der Waals surface area contributed by atoms with E-state index in [2.05, 4.69) is 44.3 Å². The molecule has 1 heterocycles. The SMILES string of the molecule is Cc1ccc(C)c(CNC(C)C2CCOC2)c1. The van der Waals surface area contributed by atoms with E-state index in [-0.39, 0.29) is 0 Å². The zero-order chi connectivity index (χ0) is 12.3. The summed E-state index contributed by atoms with van der Waals surface area (Å²) >= 11 is 0. The molecule has 0 aromatic heterocycles. The fourth-order valence-corrected chi connectivity index (χ4v) is 2.38. The van der Waals surface area contributed by atoms with E-state index in [9.17, 15) is 0 Å². The molecule has 94 valence electrons. The van der Waals surface area contributed by atoms with Crippen molar-refractivity contribution >= 4 is 0 Å². The molecule has 0 saturated carbocycles. The highest BCUT2D eigenvalue weighted by Gasteiger charge is 2.21. The van der Waals surface area contributed by atoms with Crippen molar-refractivity contribution in [3.63, 3.8) is 0 Å². The molecule has 0 aliphatic carbocycles. The number of hydrogen-bond donors (Lipinski definition) is 1. The lowest BCUT2D eigenvalue weighted by Crippen LogP contribution is -2.33. The maximum atomic E-state index is 5.43. The van der Waals surface area contributed by atoms with Crippen molar-refractivity contribution in [1.29, 1.82) is 0 Å². The Labute approximate surface area is 104 Å². The highest BCUT2D eigenvalue weighted by molar-refractivity contribution is 5.30. The summed E-state index contributed by atoms with van der Waals surface area (Å²) in [6.07, 6.45) is 1.20. The van der Waals surface area contributed by atoms with E-state index in [0.29, 0.717) is 12.0 Å². The van der Waals surface area contributed by atoms with E-state index < -0.39 is 0 Å². The van der Waals surface area contributed by atoms with Gasteiger partial charge in [0, 0.05) is 19.2 Å². The first kappa shape index (κ1) is 12.6. The maximum Gasteiger partial charge on any atom is 0.0509 e. The Hall–Kier alpha value is -0.860. The predicted octanol–water partition coefficient (Wildman–Crippen LogP) is 2.82. The van der Waals surface area contributed by atoms with Gasteiger partial charge in [-0.2, -0.15) is 0 Å². The molecule has 1 aromatic carbocycles. The number of hydrogen-bond acceptors (Lipinski definition) is 2. The van der Waals surface area contributed by atoms with Crippen LogP contribution in [-0.4, -0.2) is 19.3 Å². The van der Waals surface area contributed by atoms with Crippen molar-refractivity contribution in [1.82, 2.24) is 5.32 Å². The number of rotatable bonds is 4. The van der Waals surface area contributed by atoms with Gasteiger partial charge in [-0.1, -0.05) is 23.8 Å². The Bertz CT molecular complexity index is 369. The summed E-state index contributed by atoms with van der Waals surface area (Å²) < 4.78 is 5.43. The maximum absolute atomic E-state index is 5.43. The van der Waals surface area contributed by atoms with Crippen LogP contribution in [0.1, 0.15) is 30.0 Å². The van der Waals surface area contributed by atoms with Crippen molar-refractivity contribution in [3.8, 4) is 0 Å². The fourth-order valence-electron chi connectivity index (χ4n) is 2.38. The normalized spacial score (nSPS) is 21.7. The molecule has 2 unspecified atom stereocenters. The number of nitrogens with one attached hydrogen (secondary N) is 1. The van der Waals surface area contributed by atoms with Gasteiger partial charge in [-0.25, -0.2) is 0 Å². The fraction of sp³-hybridized carbons (Fsp3) is 0.600. The lowest BCUT2D eigenvalue weighted by molar-refractivity contribution is 0.178. The molecule has 2 atom stereocenters. The lowest BCUT2D eigenvalue weighted by atomic mass is 9.99. The number of benzene rings is 1. The Morgan fingerprint density at radius 3 is 2.94 bits per heavy atom. The van der Waals surface area contributed by atoms with Gasteiger partial charge in [0.25, 0.3) is 0 Å². The molecule has 0 spiro atoms. The topological polar surface area (TPSA) is 21.3 Å². The summed E-state index contributed by atoms with van der Waals surface area (Å²) in [5, 5.41) is 3.63. The van der Waals surface area contributed by atoms with Gasteiger partial charge in [0.2, 0.25) is 0 Å². The minimum Gasteiger partial charge on any atom is -0.381 e. The summed E-state index contributed by atoms with van der Waals surface area (Å²) in [6, 6.07) is 7.19. The molecule has 1 N–H and O–H groups in total. The van der Waals surface area contributed by atoms with Gasteiger partial charge in [-0.05, 0) is 44.2 Å². The average Bonchev–Trinajstić information content (AvgIpc) is 2.83. The van der Waals surface area contributed by atoms with Crippen LogP contribution in [0.2, 0.25) is 0 Å². The van der Waals surface area contributed by atoms with Crippen molar-refractivity contribution in [2.45, 2.75) is 39.8 Å². The molecule has 1 aliphatic rings. The molecular formula is C15H23NO. The van der Waals surface area contributed by atoms with Crippen LogP contribution in [0.5, 0.6) is 0 Å². The van der Waals surface area contributed by atoms with E-state index in [1.807, 2.05) is 0 Å². The van der Waals surface area contributed by atoms with Crippen LogP contribution in [-0.2, 0) is 11.3 Å². The summed E-state index contributed by atoms with van der Waals surface area (Å²) in [5.41, 5.74) is 4.12. The van der Waals surface area contributed by atoms with E-state index in [1.165, 1.54) is 23.1 Å². The van der Waals surface area contributed by atoms with Crippen LogP contribution in [0.3, 0.4) is 0 Å². The second-order valence-electron chi connectivity index (χ2n) is 5.22. The number of ether oxygens (including phenoxy) is 1. The molecule has 2 heteroatoms. The van der Waals surface area contributed by atoms with Gasteiger partial charge >= 0.3 is 0 Å². The first-order valence-electron chi connectivity index (χ1n) is 6.54. The Morgan fingerprint density at radius 2 is 2.24 bits per heavy atom. The van der Waals surface area contributed by atoms with Crippen LogP contribution >= 0.6 is 0 Å². The van der Waals surface area contributed by atoms with E-state index >= 15 is 0 Å². The largest absolute Gasteiger partial charge is 0.381 e. The third-order valence-corrected chi connectivity index (χ3v) is 3.79. The molecule has 1 fully saturated rings. The van der Waals surface area contributed by atoms with Gasteiger partial charge in [0.05, 0.1) is 6.61 Å². The molecule has 1 aliphatic heterocycles. The lowest BCUT2D eigenvalue weighted by Gasteiger charge is -2.20. The van der Waals surface area contributed by atoms with Crippen LogP contribution in [0.4, 0.5) is 0 Å². The molecule has 2 nitrogen and oxygen atoms in total. The molecule has 1 saturated heterocycles. The molecule has 17 heavy (non-hydrogen) atoms. The summed E-state index contributed by atoms with van der Waals surface area (Å²) in [6.45, 7) is 9.41. The molecule has 2 rings (SSSR count). The van der Waals surface area contributed by atoms with Crippen molar-refractivity contribution in [2.75, 3.05) is 13.2 Å². The van der Waals surface area contributed by atoms with Crippen LogP contribution in [0, 0.1) is 19.8 Å². The monoisotopic (exact) mass is 233 g/mol. The van der Waals surface area contributed by atoms with Gasteiger partial charge in [-0.3, -0.25) is 0 Å². The molecular weight excluding hydrogens is 210 g/mol. The third kappa shape index (κ3) is 3.30. The predicted molar refractivity (Wildman–Crippen MR) is 71.1 cm³/mol. The Balaban J connectivity index is 1.90. The van der Waals surface area contributed by atoms with Gasteiger partial charge < -0.3 is 10.1 Å². The van der Waals surface area contributed by atoms with E-state index in [0.717, 1.165) is 19.8 Å². The van der Waals surface area contributed by atoms with Gasteiger partial charge in [0.1, 0.15) is 0 Å². The molecule has 0 amide bonds. The standard InChI is InChI=1S/C15H23NO/c1-11-4-5-12(2)15(8-11)9-16-13(3)14-6-7-17-10-14/h4-5,8,13-14,16H,6-7,9-10H2,1-3H3. The highest BCUT2D eigenvalue weighted by Crippen LogP contribution is 2.17.